The standard InChI is InChI=1S/C29H40N6O2S/c1-6-38(5)18-20-15-35(16-20)24-8-7-21(19(2)3)22-13-28(31-14-23(22)24)32-27-9-11-30-29(33-27)34-12-10-26(37-4)25(36)17-34/h6-9,11,13-14,19-20,25-26,36H,10,12,15-18H2,1-5H3,(H,30,31,32,33)/t25-,26+,38?/m0/s1. The topological polar surface area (TPSA) is 86.6 Å². The molecule has 2 N–H and O–H groups in total. The normalized spacial score (nSPS) is 21.2. The van der Waals surface area contributed by atoms with Gasteiger partial charge in [-0.2, -0.15) is 15.5 Å². The molecule has 0 bridgehead atoms. The predicted octanol–water partition coefficient (Wildman–Crippen LogP) is 4.63. The van der Waals surface area contributed by atoms with Gasteiger partial charge in [-0.05, 0) is 60.4 Å². The van der Waals surface area contributed by atoms with E-state index in [1.807, 2.05) is 17.2 Å². The van der Waals surface area contributed by atoms with Crippen LogP contribution in [-0.4, -0.2) is 82.9 Å². The molecule has 204 valence electrons. The van der Waals surface area contributed by atoms with Gasteiger partial charge in [0.2, 0.25) is 5.95 Å². The van der Waals surface area contributed by atoms with Crippen molar-refractivity contribution in [1.29, 1.82) is 0 Å². The number of hydrogen-bond donors (Lipinski definition) is 2. The number of rotatable bonds is 8. The number of pyridine rings is 1. The van der Waals surface area contributed by atoms with Crippen LogP contribution in [0.1, 0.15) is 38.7 Å². The van der Waals surface area contributed by atoms with Crippen LogP contribution in [0.15, 0.2) is 36.7 Å². The van der Waals surface area contributed by atoms with Crippen molar-refractivity contribution < 1.29 is 9.84 Å². The number of nitrogens with zero attached hydrogens (tertiary/aromatic N) is 5. The average molecular weight is 537 g/mol. The minimum absolute atomic E-state index is 0.143. The molecule has 8 nitrogen and oxygen atoms in total. The van der Waals surface area contributed by atoms with Crippen LogP contribution in [0.2, 0.25) is 0 Å². The Morgan fingerprint density at radius 1 is 1.13 bits per heavy atom. The van der Waals surface area contributed by atoms with E-state index in [0.717, 1.165) is 37.8 Å². The molecule has 9 heteroatoms. The number of nitrogens with one attached hydrogen (secondary N) is 1. The van der Waals surface area contributed by atoms with Gasteiger partial charge < -0.3 is 25.0 Å². The molecule has 2 aromatic heterocycles. The summed E-state index contributed by atoms with van der Waals surface area (Å²) < 4.78 is 5.37. The fourth-order valence-corrected chi connectivity index (χ4v) is 6.65. The zero-order valence-corrected chi connectivity index (χ0v) is 23.9. The number of β-amino-alcohol motifs (C(OH)–C–C–N with tert-alkyl or cyclic N) is 1. The van der Waals surface area contributed by atoms with Crippen LogP contribution >= 0.6 is 10.5 Å². The lowest BCUT2D eigenvalue weighted by molar-refractivity contribution is -0.0219. The first kappa shape index (κ1) is 26.8. The summed E-state index contributed by atoms with van der Waals surface area (Å²) in [6, 6.07) is 8.55. The molecule has 5 rings (SSSR count). The molecule has 1 aromatic carbocycles. The van der Waals surface area contributed by atoms with Gasteiger partial charge in [-0.15, -0.1) is 0 Å². The summed E-state index contributed by atoms with van der Waals surface area (Å²) in [4.78, 5) is 18.5. The van der Waals surface area contributed by atoms with Crippen LogP contribution in [0, 0.1) is 5.92 Å². The Labute approximate surface area is 228 Å². The van der Waals surface area contributed by atoms with E-state index >= 15 is 0 Å². The van der Waals surface area contributed by atoms with E-state index in [0.29, 0.717) is 34.7 Å². The van der Waals surface area contributed by atoms with Gasteiger partial charge in [0.25, 0.3) is 0 Å². The van der Waals surface area contributed by atoms with Crippen molar-refractivity contribution in [3.05, 3.63) is 42.2 Å². The molecule has 0 radical (unpaired) electrons. The number of benzene rings is 1. The first-order valence-corrected chi connectivity index (χ1v) is 15.4. The lowest BCUT2D eigenvalue weighted by Gasteiger charge is -2.42. The second kappa shape index (κ2) is 11.6. The van der Waals surface area contributed by atoms with Crippen LogP contribution in [0.3, 0.4) is 0 Å². The molecule has 2 aliphatic heterocycles. The Morgan fingerprint density at radius 3 is 2.66 bits per heavy atom. The van der Waals surface area contributed by atoms with Crippen LogP contribution in [0.25, 0.3) is 10.8 Å². The molecule has 3 aromatic rings. The number of piperidine rings is 1. The first-order valence-electron chi connectivity index (χ1n) is 13.5. The number of hydrogen-bond acceptors (Lipinski definition) is 8. The van der Waals surface area contributed by atoms with Crippen molar-refractivity contribution in [2.24, 2.45) is 5.92 Å². The van der Waals surface area contributed by atoms with Crippen molar-refractivity contribution in [3.8, 4) is 0 Å². The van der Waals surface area contributed by atoms with E-state index in [4.69, 9.17) is 14.7 Å². The molecule has 0 amide bonds. The molecule has 2 fully saturated rings. The summed E-state index contributed by atoms with van der Waals surface area (Å²) in [5.41, 5.74) is 2.60. The van der Waals surface area contributed by atoms with Gasteiger partial charge in [0.05, 0.1) is 12.2 Å². The summed E-state index contributed by atoms with van der Waals surface area (Å²) in [7, 11) is 2.04. The zero-order chi connectivity index (χ0) is 26.8. The van der Waals surface area contributed by atoms with Gasteiger partial charge in [0.15, 0.2) is 0 Å². The highest BCUT2D eigenvalue weighted by atomic mass is 32.2. The number of ether oxygens (including phenoxy) is 1. The Hall–Kier alpha value is -2.75. The predicted molar refractivity (Wildman–Crippen MR) is 161 cm³/mol. The molecule has 3 atom stereocenters. The maximum absolute atomic E-state index is 10.4. The second-order valence-corrected chi connectivity index (χ2v) is 12.9. The Balaban J connectivity index is 1.37. The van der Waals surface area contributed by atoms with Crippen molar-refractivity contribution in [3.63, 3.8) is 0 Å². The second-order valence-electron chi connectivity index (χ2n) is 10.8. The fraction of sp³-hybridized carbons (Fsp3) is 0.517. The summed E-state index contributed by atoms with van der Waals surface area (Å²) in [5, 5.41) is 18.5. The molecule has 38 heavy (non-hydrogen) atoms. The largest absolute Gasteiger partial charge is 0.389 e. The van der Waals surface area contributed by atoms with E-state index in [-0.39, 0.29) is 6.10 Å². The molecule has 0 spiro atoms. The fourth-order valence-electron chi connectivity index (χ4n) is 5.50. The highest BCUT2D eigenvalue weighted by Crippen LogP contribution is 2.37. The van der Waals surface area contributed by atoms with Gasteiger partial charge in [-0.1, -0.05) is 25.3 Å². The van der Waals surface area contributed by atoms with E-state index in [1.165, 1.54) is 27.8 Å². The minimum Gasteiger partial charge on any atom is -0.389 e. The Kier molecular flexibility index (Phi) is 8.16. The zero-order valence-electron chi connectivity index (χ0n) is 23.1. The molecule has 2 aliphatic rings. The lowest BCUT2D eigenvalue weighted by Crippen LogP contribution is -2.48. The average Bonchev–Trinajstić information content (AvgIpc) is 2.89. The molecule has 4 heterocycles. The van der Waals surface area contributed by atoms with Crippen LogP contribution in [0.4, 0.5) is 23.3 Å². The Morgan fingerprint density at radius 2 is 1.95 bits per heavy atom. The summed E-state index contributed by atoms with van der Waals surface area (Å²) in [5.74, 6) is 4.49. The maximum Gasteiger partial charge on any atom is 0.227 e. The third kappa shape index (κ3) is 5.65. The SMILES string of the molecule is C/C=S(\C)CC1CN(c2ccc(C(C)C)c3cc(Nc4ccnc(N5CC[C@@H](OC)[C@@H](O)C5)n4)ncc23)C1. The van der Waals surface area contributed by atoms with Crippen molar-refractivity contribution in [2.75, 3.05) is 60.4 Å². The van der Waals surface area contributed by atoms with Gasteiger partial charge >= 0.3 is 0 Å². The van der Waals surface area contributed by atoms with Gasteiger partial charge in [0.1, 0.15) is 11.6 Å². The number of aromatic nitrogens is 3. The van der Waals surface area contributed by atoms with Gasteiger partial charge in [-0.25, -0.2) is 9.97 Å². The third-order valence-electron chi connectivity index (χ3n) is 7.74. The van der Waals surface area contributed by atoms with E-state index in [2.05, 4.69) is 65.8 Å². The lowest BCUT2D eigenvalue weighted by atomic mass is 9.93. The van der Waals surface area contributed by atoms with E-state index < -0.39 is 6.10 Å². The number of methoxy groups -OCH3 is 1. The summed E-state index contributed by atoms with van der Waals surface area (Å²) in [6.07, 6.45) is 6.12. The van der Waals surface area contributed by atoms with E-state index in [9.17, 15) is 5.11 Å². The molecule has 0 saturated carbocycles. The number of fused-ring (bicyclic) bond motifs is 1. The minimum atomic E-state index is -0.560. The highest BCUT2D eigenvalue weighted by molar-refractivity contribution is 8.14. The monoisotopic (exact) mass is 536 g/mol. The van der Waals surface area contributed by atoms with Crippen LogP contribution in [0.5, 0.6) is 0 Å². The third-order valence-corrected chi connectivity index (χ3v) is 9.54. The first-order chi connectivity index (χ1) is 18.4. The summed E-state index contributed by atoms with van der Waals surface area (Å²) >= 11 is 0. The van der Waals surface area contributed by atoms with Gasteiger partial charge in [0, 0.05) is 62.7 Å². The smallest absolute Gasteiger partial charge is 0.227 e. The van der Waals surface area contributed by atoms with Crippen molar-refractivity contribution in [2.45, 2.75) is 45.3 Å². The quantitative estimate of drug-likeness (QED) is 0.403. The number of aliphatic hydroxyl groups is 1. The van der Waals surface area contributed by atoms with Crippen molar-refractivity contribution in [1.82, 2.24) is 15.0 Å². The highest BCUT2D eigenvalue weighted by Gasteiger charge is 2.30. The maximum atomic E-state index is 10.4. The molecule has 1 unspecified atom stereocenters. The number of aliphatic hydroxyl groups excluding tert-OH is 1. The molecule has 2 saturated heterocycles. The van der Waals surface area contributed by atoms with Crippen molar-refractivity contribution >= 4 is 49.9 Å². The van der Waals surface area contributed by atoms with Crippen LogP contribution in [-0.2, 0) is 4.74 Å². The van der Waals surface area contributed by atoms with Gasteiger partial charge in [-0.3, -0.25) is 0 Å². The van der Waals surface area contributed by atoms with E-state index in [1.54, 1.807) is 13.3 Å². The molecular weight excluding hydrogens is 496 g/mol. The summed E-state index contributed by atoms with van der Waals surface area (Å²) in [6.45, 7) is 10.1. The molecule has 0 aliphatic carbocycles. The van der Waals surface area contributed by atoms with Crippen LogP contribution < -0.4 is 15.1 Å². The number of anilines is 4. The molecular formula is C29H40N6O2S. The Bertz CT molecular complexity index is 1310.